The molecule has 2 aromatic rings. The van der Waals surface area contributed by atoms with E-state index in [-0.39, 0.29) is 11.9 Å². The molecular weight excluding hydrogens is 357 g/mol. The Kier molecular flexibility index (Phi) is 7.25. The average Bonchev–Trinajstić information content (AvgIpc) is 3.22. The van der Waals surface area contributed by atoms with Gasteiger partial charge in [-0.05, 0) is 49.1 Å². The highest BCUT2D eigenvalue weighted by Gasteiger charge is 2.17. The van der Waals surface area contributed by atoms with E-state index in [2.05, 4.69) is 40.7 Å². The van der Waals surface area contributed by atoms with Crippen LogP contribution in [-0.2, 0) is 17.8 Å². The summed E-state index contributed by atoms with van der Waals surface area (Å²) >= 11 is 0. The van der Waals surface area contributed by atoms with Crippen molar-refractivity contribution in [3.8, 4) is 5.75 Å². The van der Waals surface area contributed by atoms with E-state index in [1.54, 1.807) is 19.2 Å². The number of ether oxygens (including phenoxy) is 2. The summed E-state index contributed by atoms with van der Waals surface area (Å²) in [4.78, 5) is 4.25. The summed E-state index contributed by atoms with van der Waals surface area (Å²) in [5.41, 5.74) is 3.21. The normalized spacial score (nSPS) is 16.8. The van der Waals surface area contributed by atoms with E-state index in [1.165, 1.54) is 12.1 Å². The minimum atomic E-state index is -0.235. The van der Waals surface area contributed by atoms with Crippen LogP contribution in [0.5, 0.6) is 5.75 Å². The van der Waals surface area contributed by atoms with Crippen molar-refractivity contribution >= 4 is 5.96 Å². The molecule has 1 aliphatic rings. The van der Waals surface area contributed by atoms with Gasteiger partial charge in [0.1, 0.15) is 18.2 Å². The first-order chi connectivity index (χ1) is 13.6. The number of rotatable bonds is 7. The van der Waals surface area contributed by atoms with Gasteiger partial charge in [0, 0.05) is 32.3 Å². The zero-order chi connectivity index (χ0) is 19.8. The summed E-state index contributed by atoms with van der Waals surface area (Å²) in [6.07, 6.45) is 2.34. The van der Waals surface area contributed by atoms with Crippen LogP contribution in [0.4, 0.5) is 4.39 Å². The number of guanidine groups is 1. The molecule has 0 amide bonds. The summed E-state index contributed by atoms with van der Waals surface area (Å²) in [5, 5.41) is 6.55. The highest BCUT2D eigenvalue weighted by molar-refractivity contribution is 5.79. The van der Waals surface area contributed by atoms with Gasteiger partial charge >= 0.3 is 0 Å². The fraction of sp³-hybridized carbons (Fsp3) is 0.409. The maximum Gasteiger partial charge on any atom is 0.191 e. The second-order valence-corrected chi connectivity index (χ2v) is 6.96. The molecule has 1 atom stereocenters. The van der Waals surface area contributed by atoms with Gasteiger partial charge in [-0.3, -0.25) is 4.99 Å². The van der Waals surface area contributed by atoms with Crippen LogP contribution < -0.4 is 15.4 Å². The van der Waals surface area contributed by atoms with E-state index in [1.807, 2.05) is 0 Å². The molecule has 0 aliphatic carbocycles. The van der Waals surface area contributed by atoms with E-state index in [0.717, 1.165) is 41.9 Å². The van der Waals surface area contributed by atoms with Gasteiger partial charge in [-0.1, -0.05) is 24.3 Å². The smallest absolute Gasteiger partial charge is 0.191 e. The molecule has 0 bridgehead atoms. The molecule has 2 aromatic carbocycles. The number of hydrogen-bond acceptors (Lipinski definition) is 3. The van der Waals surface area contributed by atoms with Gasteiger partial charge in [0.05, 0.1) is 6.10 Å². The molecule has 1 saturated heterocycles. The van der Waals surface area contributed by atoms with Gasteiger partial charge in [0.15, 0.2) is 5.96 Å². The lowest BCUT2D eigenvalue weighted by molar-refractivity contribution is 0.0676. The molecule has 0 saturated carbocycles. The van der Waals surface area contributed by atoms with E-state index in [0.29, 0.717) is 25.7 Å². The highest BCUT2D eigenvalue weighted by Crippen LogP contribution is 2.22. The van der Waals surface area contributed by atoms with E-state index >= 15 is 0 Å². The summed E-state index contributed by atoms with van der Waals surface area (Å²) in [6, 6.07) is 12.6. The molecule has 150 valence electrons. The van der Waals surface area contributed by atoms with Gasteiger partial charge in [-0.15, -0.1) is 0 Å². The lowest BCUT2D eigenvalue weighted by atomic mass is 10.1. The fourth-order valence-corrected chi connectivity index (χ4v) is 3.09. The third-order valence-corrected chi connectivity index (χ3v) is 4.71. The lowest BCUT2D eigenvalue weighted by Crippen LogP contribution is -2.36. The molecule has 0 radical (unpaired) electrons. The number of hydrogen-bond donors (Lipinski definition) is 2. The molecule has 2 N–H and O–H groups in total. The monoisotopic (exact) mass is 385 g/mol. The van der Waals surface area contributed by atoms with Crippen LogP contribution in [0.2, 0.25) is 0 Å². The van der Waals surface area contributed by atoms with Gasteiger partial charge in [0.2, 0.25) is 0 Å². The Hall–Kier alpha value is -2.60. The topological polar surface area (TPSA) is 54.9 Å². The first kappa shape index (κ1) is 20.1. The fourth-order valence-electron chi connectivity index (χ4n) is 3.09. The molecule has 0 spiro atoms. The summed E-state index contributed by atoms with van der Waals surface area (Å²) in [7, 11) is 1.73. The van der Waals surface area contributed by atoms with Crippen LogP contribution in [0.25, 0.3) is 0 Å². The molecule has 3 rings (SSSR count). The maximum atomic E-state index is 13.0. The van der Waals surface area contributed by atoms with E-state index in [9.17, 15) is 4.39 Å². The number of nitrogens with one attached hydrogen (secondary N) is 2. The predicted molar refractivity (Wildman–Crippen MR) is 109 cm³/mol. The Balaban J connectivity index is 1.54. The van der Waals surface area contributed by atoms with Crippen molar-refractivity contribution in [3.05, 3.63) is 65.0 Å². The molecular formula is C22H28FN3O2. The zero-order valence-electron chi connectivity index (χ0n) is 16.5. The molecule has 6 heteroatoms. The van der Waals surface area contributed by atoms with E-state index < -0.39 is 0 Å². The first-order valence-electron chi connectivity index (χ1n) is 9.67. The average molecular weight is 385 g/mol. The first-order valence-corrected chi connectivity index (χ1v) is 9.67. The second kappa shape index (κ2) is 10.1. The predicted octanol–water partition coefficient (Wildman–Crippen LogP) is 3.56. The van der Waals surface area contributed by atoms with Crippen molar-refractivity contribution in [2.24, 2.45) is 4.99 Å². The number of aryl methyl sites for hydroxylation is 1. The zero-order valence-corrected chi connectivity index (χ0v) is 16.5. The third-order valence-electron chi connectivity index (χ3n) is 4.71. The number of nitrogens with zero attached hydrogens (tertiary/aromatic N) is 1. The number of halogens is 1. The van der Waals surface area contributed by atoms with Crippen molar-refractivity contribution in [1.29, 1.82) is 0 Å². The molecule has 1 aliphatic heterocycles. The van der Waals surface area contributed by atoms with Gasteiger partial charge < -0.3 is 20.1 Å². The molecule has 1 heterocycles. The molecule has 0 aromatic heterocycles. The summed E-state index contributed by atoms with van der Waals surface area (Å²) in [5.74, 6) is 1.31. The van der Waals surface area contributed by atoms with Crippen LogP contribution in [0.1, 0.15) is 29.5 Å². The van der Waals surface area contributed by atoms with Crippen LogP contribution in [0.3, 0.4) is 0 Å². The second-order valence-electron chi connectivity index (χ2n) is 6.96. The summed E-state index contributed by atoms with van der Waals surface area (Å²) < 4.78 is 24.7. The van der Waals surface area contributed by atoms with Crippen LogP contribution >= 0.6 is 0 Å². The molecule has 28 heavy (non-hydrogen) atoms. The highest BCUT2D eigenvalue weighted by atomic mass is 19.1. The molecule has 1 fully saturated rings. The van der Waals surface area contributed by atoms with Crippen LogP contribution in [0.15, 0.2) is 47.5 Å². The molecule has 5 nitrogen and oxygen atoms in total. The minimum Gasteiger partial charge on any atom is -0.491 e. The van der Waals surface area contributed by atoms with E-state index in [4.69, 9.17) is 9.47 Å². The SMILES string of the molecule is CN=C(NCc1ccc(F)cc1)NCc1ccc(C)cc1OCC1CCCO1. The van der Waals surface area contributed by atoms with Crippen LogP contribution in [-0.4, -0.2) is 32.3 Å². The van der Waals surface area contributed by atoms with Gasteiger partial charge in [-0.2, -0.15) is 0 Å². The number of aliphatic imine (C=N–C) groups is 1. The summed E-state index contributed by atoms with van der Waals surface area (Å²) in [6.45, 7) is 4.61. The maximum absolute atomic E-state index is 13.0. The minimum absolute atomic E-state index is 0.187. The van der Waals surface area contributed by atoms with Crippen molar-refractivity contribution in [2.45, 2.75) is 39.0 Å². The Labute approximate surface area is 166 Å². The Morgan fingerprint density at radius 1 is 1.18 bits per heavy atom. The van der Waals surface area contributed by atoms with Gasteiger partial charge in [-0.25, -0.2) is 4.39 Å². The number of benzene rings is 2. The largest absolute Gasteiger partial charge is 0.491 e. The quantitative estimate of drug-likeness (QED) is 0.565. The van der Waals surface area contributed by atoms with Crippen molar-refractivity contribution in [2.75, 3.05) is 20.3 Å². The lowest BCUT2D eigenvalue weighted by Gasteiger charge is -2.17. The van der Waals surface area contributed by atoms with Crippen molar-refractivity contribution < 1.29 is 13.9 Å². The Bertz CT molecular complexity index is 787. The Morgan fingerprint density at radius 2 is 1.96 bits per heavy atom. The Morgan fingerprint density at radius 3 is 2.68 bits per heavy atom. The van der Waals surface area contributed by atoms with Crippen molar-refractivity contribution in [3.63, 3.8) is 0 Å². The van der Waals surface area contributed by atoms with Crippen LogP contribution in [0, 0.1) is 12.7 Å². The molecule has 1 unspecified atom stereocenters. The van der Waals surface area contributed by atoms with Crippen molar-refractivity contribution in [1.82, 2.24) is 10.6 Å². The van der Waals surface area contributed by atoms with Gasteiger partial charge in [0.25, 0.3) is 0 Å². The standard InChI is InChI=1S/C22H28FN3O2/c1-16-5-8-18(21(12-16)28-15-20-4-3-11-27-20)14-26-22(24-2)25-13-17-6-9-19(23)10-7-17/h5-10,12,20H,3-4,11,13-15H2,1-2H3,(H2,24,25,26). The third kappa shape index (κ3) is 5.96.